The summed E-state index contributed by atoms with van der Waals surface area (Å²) in [7, 11) is 0. The molecule has 3 rings (SSSR count). The summed E-state index contributed by atoms with van der Waals surface area (Å²) in [5.74, 6) is 0.860. The van der Waals surface area contributed by atoms with Crippen LogP contribution in [0, 0.1) is 0 Å². The summed E-state index contributed by atoms with van der Waals surface area (Å²) in [6, 6.07) is 18.6. The SMILES string of the molecule is CCCCOc1ccc(C(O)(CCC)C(CN2CCOCC2)c2ccccc2)cc1. The second kappa shape index (κ2) is 11.5. The van der Waals surface area contributed by atoms with E-state index in [-0.39, 0.29) is 5.92 Å². The number of morpholine rings is 1. The molecule has 2 atom stereocenters. The van der Waals surface area contributed by atoms with Gasteiger partial charge in [0.1, 0.15) is 5.75 Å². The van der Waals surface area contributed by atoms with Gasteiger partial charge in [-0.05, 0) is 36.1 Å². The third-order valence-corrected chi connectivity index (χ3v) is 6.07. The highest BCUT2D eigenvalue weighted by Crippen LogP contribution is 2.42. The molecule has 1 heterocycles. The summed E-state index contributed by atoms with van der Waals surface area (Å²) < 4.78 is 11.4. The van der Waals surface area contributed by atoms with Gasteiger partial charge >= 0.3 is 0 Å². The van der Waals surface area contributed by atoms with E-state index in [4.69, 9.17) is 9.47 Å². The number of hydrogen-bond donors (Lipinski definition) is 1. The van der Waals surface area contributed by atoms with Gasteiger partial charge in [-0.25, -0.2) is 0 Å². The maximum absolute atomic E-state index is 12.1. The predicted octanol–water partition coefficient (Wildman–Crippen LogP) is 4.97. The standard InChI is InChI=1S/C26H37NO3/c1-3-5-18-30-24-13-11-23(12-14-24)26(28,15-4-2)25(22-9-7-6-8-10-22)21-27-16-19-29-20-17-27/h6-14,25,28H,3-5,15-21H2,1-2H3. The first-order chi connectivity index (χ1) is 14.7. The van der Waals surface area contributed by atoms with Crippen molar-refractivity contribution in [2.75, 3.05) is 39.5 Å². The molecule has 0 bridgehead atoms. The van der Waals surface area contributed by atoms with E-state index in [0.717, 1.165) is 70.0 Å². The van der Waals surface area contributed by atoms with Crippen LogP contribution in [0.15, 0.2) is 54.6 Å². The molecule has 1 saturated heterocycles. The fourth-order valence-electron chi connectivity index (χ4n) is 4.33. The predicted molar refractivity (Wildman–Crippen MR) is 122 cm³/mol. The largest absolute Gasteiger partial charge is 0.494 e. The number of hydrogen-bond acceptors (Lipinski definition) is 4. The van der Waals surface area contributed by atoms with E-state index < -0.39 is 5.60 Å². The number of nitrogens with zero attached hydrogens (tertiary/aromatic N) is 1. The van der Waals surface area contributed by atoms with Crippen LogP contribution in [0.5, 0.6) is 5.75 Å². The Morgan fingerprint density at radius 2 is 1.70 bits per heavy atom. The van der Waals surface area contributed by atoms with Gasteiger partial charge in [0.2, 0.25) is 0 Å². The zero-order chi connectivity index (χ0) is 21.2. The number of ether oxygens (including phenoxy) is 2. The summed E-state index contributed by atoms with van der Waals surface area (Å²) in [5.41, 5.74) is 1.22. The van der Waals surface area contributed by atoms with Gasteiger partial charge in [-0.1, -0.05) is 69.2 Å². The molecule has 0 radical (unpaired) electrons. The van der Waals surface area contributed by atoms with Crippen LogP contribution < -0.4 is 4.74 Å². The Morgan fingerprint density at radius 1 is 1.00 bits per heavy atom. The minimum Gasteiger partial charge on any atom is -0.494 e. The van der Waals surface area contributed by atoms with Gasteiger partial charge in [0, 0.05) is 25.6 Å². The van der Waals surface area contributed by atoms with E-state index in [1.807, 2.05) is 30.3 Å². The van der Waals surface area contributed by atoms with Gasteiger partial charge in [-0.15, -0.1) is 0 Å². The van der Waals surface area contributed by atoms with Gasteiger partial charge in [-0.3, -0.25) is 4.90 Å². The molecular weight excluding hydrogens is 374 g/mol. The van der Waals surface area contributed by atoms with E-state index in [2.05, 4.69) is 43.0 Å². The Morgan fingerprint density at radius 3 is 2.33 bits per heavy atom. The highest BCUT2D eigenvalue weighted by molar-refractivity contribution is 5.35. The molecular formula is C26H37NO3. The Hall–Kier alpha value is -1.88. The fourth-order valence-corrected chi connectivity index (χ4v) is 4.33. The third kappa shape index (κ3) is 5.84. The topological polar surface area (TPSA) is 41.9 Å². The average molecular weight is 412 g/mol. The van der Waals surface area contributed by atoms with Gasteiger partial charge in [0.15, 0.2) is 0 Å². The fraction of sp³-hybridized carbons (Fsp3) is 0.538. The molecule has 0 spiro atoms. The molecule has 4 nitrogen and oxygen atoms in total. The van der Waals surface area contributed by atoms with E-state index in [9.17, 15) is 5.11 Å². The quantitative estimate of drug-likeness (QED) is 0.530. The second-order valence-corrected chi connectivity index (χ2v) is 8.28. The summed E-state index contributed by atoms with van der Waals surface area (Å²) in [5, 5.41) is 12.1. The molecule has 30 heavy (non-hydrogen) atoms. The first-order valence-electron chi connectivity index (χ1n) is 11.5. The van der Waals surface area contributed by atoms with Crippen molar-refractivity contribution >= 4 is 0 Å². The minimum atomic E-state index is -0.934. The Balaban J connectivity index is 1.89. The van der Waals surface area contributed by atoms with E-state index >= 15 is 0 Å². The molecule has 2 aromatic rings. The number of rotatable bonds is 11. The van der Waals surface area contributed by atoms with Crippen molar-refractivity contribution in [3.05, 3.63) is 65.7 Å². The van der Waals surface area contributed by atoms with Crippen LogP contribution in [0.3, 0.4) is 0 Å². The minimum absolute atomic E-state index is 0.0105. The lowest BCUT2D eigenvalue weighted by Crippen LogP contribution is -2.45. The van der Waals surface area contributed by atoms with Crippen molar-refractivity contribution in [1.82, 2.24) is 4.90 Å². The molecule has 164 valence electrons. The molecule has 0 aliphatic carbocycles. The van der Waals surface area contributed by atoms with Crippen molar-refractivity contribution < 1.29 is 14.6 Å². The molecule has 1 aliphatic rings. The Bertz CT molecular complexity index is 728. The molecule has 2 aromatic carbocycles. The summed E-state index contributed by atoms with van der Waals surface area (Å²) in [6.45, 7) is 9.21. The molecule has 0 saturated carbocycles. The van der Waals surface area contributed by atoms with Crippen LogP contribution in [0.4, 0.5) is 0 Å². The molecule has 2 unspecified atom stereocenters. The first kappa shape index (κ1) is 22.8. The van der Waals surface area contributed by atoms with Gasteiger partial charge in [-0.2, -0.15) is 0 Å². The van der Waals surface area contributed by atoms with Crippen molar-refractivity contribution in [2.45, 2.75) is 51.0 Å². The van der Waals surface area contributed by atoms with Crippen LogP contribution in [-0.2, 0) is 10.3 Å². The van der Waals surface area contributed by atoms with Crippen LogP contribution in [0.25, 0.3) is 0 Å². The molecule has 4 heteroatoms. The van der Waals surface area contributed by atoms with Crippen molar-refractivity contribution in [2.24, 2.45) is 0 Å². The highest BCUT2D eigenvalue weighted by Gasteiger charge is 2.39. The van der Waals surface area contributed by atoms with Gasteiger partial charge in [0.25, 0.3) is 0 Å². The zero-order valence-corrected chi connectivity index (χ0v) is 18.6. The Labute approximate surface area is 181 Å². The van der Waals surface area contributed by atoms with Gasteiger partial charge in [0.05, 0.1) is 25.4 Å². The number of benzene rings is 2. The number of aliphatic hydroxyl groups is 1. The first-order valence-corrected chi connectivity index (χ1v) is 11.5. The lowest BCUT2D eigenvalue weighted by molar-refractivity contribution is -0.0285. The lowest BCUT2D eigenvalue weighted by Gasteiger charge is -2.41. The normalized spacial score (nSPS) is 18.0. The monoisotopic (exact) mass is 411 g/mol. The van der Waals surface area contributed by atoms with E-state index in [0.29, 0.717) is 6.42 Å². The zero-order valence-electron chi connectivity index (χ0n) is 18.6. The van der Waals surface area contributed by atoms with Crippen LogP contribution in [0.2, 0.25) is 0 Å². The molecule has 0 amide bonds. The van der Waals surface area contributed by atoms with Crippen LogP contribution in [-0.4, -0.2) is 49.5 Å². The lowest BCUT2D eigenvalue weighted by atomic mass is 9.74. The number of unbranched alkanes of at least 4 members (excludes halogenated alkanes) is 1. The van der Waals surface area contributed by atoms with Crippen molar-refractivity contribution in [3.63, 3.8) is 0 Å². The molecule has 0 aromatic heterocycles. The second-order valence-electron chi connectivity index (χ2n) is 8.28. The molecule has 1 aliphatic heterocycles. The van der Waals surface area contributed by atoms with E-state index in [1.165, 1.54) is 5.56 Å². The summed E-state index contributed by atoms with van der Waals surface area (Å²) in [6.07, 6.45) is 3.80. The van der Waals surface area contributed by atoms with Crippen molar-refractivity contribution in [3.8, 4) is 5.75 Å². The van der Waals surface area contributed by atoms with Gasteiger partial charge < -0.3 is 14.6 Å². The highest BCUT2D eigenvalue weighted by atomic mass is 16.5. The third-order valence-electron chi connectivity index (χ3n) is 6.07. The Kier molecular flexibility index (Phi) is 8.74. The van der Waals surface area contributed by atoms with Crippen LogP contribution in [0.1, 0.15) is 56.6 Å². The molecule has 1 fully saturated rings. The average Bonchev–Trinajstić information content (AvgIpc) is 2.79. The maximum Gasteiger partial charge on any atom is 0.119 e. The smallest absolute Gasteiger partial charge is 0.119 e. The maximum atomic E-state index is 12.1. The van der Waals surface area contributed by atoms with Crippen LogP contribution >= 0.6 is 0 Å². The summed E-state index contributed by atoms with van der Waals surface area (Å²) >= 11 is 0. The molecule has 1 N–H and O–H groups in total. The van der Waals surface area contributed by atoms with Crippen molar-refractivity contribution in [1.29, 1.82) is 0 Å². The summed E-state index contributed by atoms with van der Waals surface area (Å²) in [4.78, 5) is 2.42. The van der Waals surface area contributed by atoms with E-state index in [1.54, 1.807) is 0 Å².